The molecule has 1 aliphatic carbocycles. The molecule has 0 bridgehead atoms. The highest BCUT2D eigenvalue weighted by atomic mass is 32.2. The Hall–Kier alpha value is -0.670. The molecule has 0 saturated carbocycles. The monoisotopic (exact) mass is 265 g/mol. The van der Waals surface area contributed by atoms with Crippen molar-refractivity contribution < 1.29 is 4.21 Å². The summed E-state index contributed by atoms with van der Waals surface area (Å²) in [6, 6.07) is 8.64. The lowest BCUT2D eigenvalue weighted by atomic mass is 9.84. The molecule has 3 unspecified atom stereocenters. The van der Waals surface area contributed by atoms with E-state index in [-0.39, 0.29) is 5.25 Å². The highest BCUT2D eigenvalue weighted by Gasteiger charge is 2.23. The van der Waals surface area contributed by atoms with E-state index < -0.39 is 10.8 Å². The van der Waals surface area contributed by atoms with Gasteiger partial charge in [-0.2, -0.15) is 0 Å². The lowest BCUT2D eigenvalue weighted by molar-refractivity contribution is 0.584. The van der Waals surface area contributed by atoms with Crippen molar-refractivity contribution >= 4 is 10.8 Å². The molecule has 0 saturated heterocycles. The minimum absolute atomic E-state index is 0.226. The number of fused-ring (bicyclic) bond motifs is 1. The average Bonchev–Trinajstić information content (AvgIpc) is 2.39. The number of aryl methyl sites for hydroxylation is 1. The second-order valence-electron chi connectivity index (χ2n) is 5.22. The zero-order chi connectivity index (χ0) is 13.0. The standard InChI is InChI=1S/C15H23NOS/c1-12(9-10-16)18(17)11-14-7-4-6-13-5-2-3-8-15(13)14/h2-3,5,8,12,14H,4,6-7,9-11,16H2,1H3. The molecule has 1 aromatic rings. The van der Waals surface area contributed by atoms with Crippen LogP contribution in [0.25, 0.3) is 0 Å². The molecule has 2 rings (SSSR count). The van der Waals surface area contributed by atoms with Crippen LogP contribution < -0.4 is 5.73 Å². The molecule has 0 spiro atoms. The number of benzene rings is 1. The Bertz CT molecular complexity index is 419. The number of rotatable bonds is 5. The molecular weight excluding hydrogens is 242 g/mol. The highest BCUT2D eigenvalue weighted by Crippen LogP contribution is 2.32. The predicted molar refractivity (Wildman–Crippen MR) is 78.3 cm³/mol. The molecule has 100 valence electrons. The van der Waals surface area contributed by atoms with Crippen molar-refractivity contribution in [3.8, 4) is 0 Å². The summed E-state index contributed by atoms with van der Waals surface area (Å²) < 4.78 is 12.3. The van der Waals surface area contributed by atoms with Crippen molar-refractivity contribution in [2.45, 2.75) is 43.8 Å². The van der Waals surface area contributed by atoms with E-state index in [4.69, 9.17) is 5.73 Å². The Kier molecular flexibility index (Phi) is 4.95. The Morgan fingerprint density at radius 2 is 2.22 bits per heavy atom. The van der Waals surface area contributed by atoms with Crippen molar-refractivity contribution in [3.05, 3.63) is 35.4 Å². The van der Waals surface area contributed by atoms with Crippen LogP contribution in [-0.2, 0) is 17.2 Å². The van der Waals surface area contributed by atoms with Crippen LogP contribution in [0.15, 0.2) is 24.3 Å². The Morgan fingerprint density at radius 1 is 1.44 bits per heavy atom. The summed E-state index contributed by atoms with van der Waals surface area (Å²) in [5, 5.41) is 0.226. The van der Waals surface area contributed by atoms with E-state index in [1.807, 2.05) is 0 Å². The Labute approximate surface area is 112 Å². The van der Waals surface area contributed by atoms with Gasteiger partial charge in [0.15, 0.2) is 0 Å². The van der Waals surface area contributed by atoms with Crippen LogP contribution in [0.4, 0.5) is 0 Å². The Morgan fingerprint density at radius 3 is 3.00 bits per heavy atom. The molecule has 0 aliphatic heterocycles. The SMILES string of the molecule is CC(CCN)S(=O)CC1CCCc2ccccc21. The second kappa shape index (κ2) is 6.48. The summed E-state index contributed by atoms with van der Waals surface area (Å²) in [6.45, 7) is 2.69. The highest BCUT2D eigenvalue weighted by molar-refractivity contribution is 7.85. The van der Waals surface area contributed by atoms with Crippen LogP contribution in [0.5, 0.6) is 0 Å². The first-order valence-corrected chi connectivity index (χ1v) is 8.25. The summed E-state index contributed by atoms with van der Waals surface area (Å²) in [4.78, 5) is 0. The molecule has 18 heavy (non-hydrogen) atoms. The van der Waals surface area contributed by atoms with Crippen LogP contribution in [0.2, 0.25) is 0 Å². The van der Waals surface area contributed by atoms with Crippen LogP contribution in [0.3, 0.4) is 0 Å². The largest absolute Gasteiger partial charge is 0.330 e. The van der Waals surface area contributed by atoms with E-state index in [1.165, 1.54) is 30.4 Å². The van der Waals surface area contributed by atoms with Crippen LogP contribution >= 0.6 is 0 Å². The summed E-state index contributed by atoms with van der Waals surface area (Å²) in [7, 11) is -0.749. The summed E-state index contributed by atoms with van der Waals surface area (Å²) in [5.41, 5.74) is 8.43. The van der Waals surface area contributed by atoms with Crippen LogP contribution in [0.1, 0.15) is 43.2 Å². The first-order chi connectivity index (χ1) is 8.72. The molecule has 0 amide bonds. The topological polar surface area (TPSA) is 43.1 Å². The minimum atomic E-state index is -0.749. The summed E-state index contributed by atoms with van der Waals surface area (Å²) in [5.74, 6) is 1.29. The van der Waals surface area contributed by atoms with E-state index in [9.17, 15) is 4.21 Å². The van der Waals surface area contributed by atoms with Crippen molar-refractivity contribution in [2.75, 3.05) is 12.3 Å². The van der Waals surface area contributed by atoms with E-state index in [0.29, 0.717) is 12.5 Å². The quantitative estimate of drug-likeness (QED) is 0.889. The fourth-order valence-electron chi connectivity index (χ4n) is 2.76. The second-order valence-corrected chi connectivity index (χ2v) is 7.12. The molecule has 1 aromatic carbocycles. The summed E-state index contributed by atoms with van der Waals surface area (Å²) >= 11 is 0. The van der Waals surface area contributed by atoms with Gasteiger partial charge >= 0.3 is 0 Å². The summed E-state index contributed by atoms with van der Waals surface area (Å²) in [6.07, 6.45) is 4.45. The van der Waals surface area contributed by atoms with Gasteiger partial charge in [0, 0.05) is 21.8 Å². The fraction of sp³-hybridized carbons (Fsp3) is 0.600. The van der Waals surface area contributed by atoms with Gasteiger partial charge in [0.25, 0.3) is 0 Å². The van der Waals surface area contributed by atoms with Gasteiger partial charge in [-0.05, 0) is 49.3 Å². The molecule has 3 atom stereocenters. The lowest BCUT2D eigenvalue weighted by Crippen LogP contribution is -2.23. The van der Waals surface area contributed by atoms with Gasteiger partial charge in [-0.25, -0.2) is 0 Å². The van der Waals surface area contributed by atoms with Gasteiger partial charge in [-0.3, -0.25) is 4.21 Å². The van der Waals surface area contributed by atoms with Gasteiger partial charge in [0.1, 0.15) is 0 Å². The van der Waals surface area contributed by atoms with Crippen molar-refractivity contribution in [3.63, 3.8) is 0 Å². The van der Waals surface area contributed by atoms with Crippen molar-refractivity contribution in [1.29, 1.82) is 0 Å². The van der Waals surface area contributed by atoms with E-state index in [1.54, 1.807) is 0 Å². The maximum Gasteiger partial charge on any atom is 0.0332 e. The average molecular weight is 265 g/mol. The molecule has 0 aromatic heterocycles. The molecule has 3 heteroatoms. The maximum atomic E-state index is 12.3. The first kappa shape index (κ1) is 13.8. The van der Waals surface area contributed by atoms with Crippen molar-refractivity contribution in [2.24, 2.45) is 5.73 Å². The number of nitrogens with two attached hydrogens (primary N) is 1. The molecule has 2 nitrogen and oxygen atoms in total. The predicted octanol–water partition coefficient (Wildman–Crippen LogP) is 2.59. The molecule has 1 aliphatic rings. The minimum Gasteiger partial charge on any atom is -0.330 e. The van der Waals surface area contributed by atoms with E-state index in [0.717, 1.165) is 12.2 Å². The smallest absolute Gasteiger partial charge is 0.0332 e. The Balaban J connectivity index is 2.05. The van der Waals surface area contributed by atoms with Gasteiger partial charge in [-0.1, -0.05) is 31.2 Å². The van der Waals surface area contributed by atoms with Crippen molar-refractivity contribution in [1.82, 2.24) is 0 Å². The van der Waals surface area contributed by atoms with Gasteiger partial charge in [-0.15, -0.1) is 0 Å². The molecule has 0 fully saturated rings. The van der Waals surface area contributed by atoms with Crippen LogP contribution in [0, 0.1) is 0 Å². The molecular formula is C15H23NOS. The van der Waals surface area contributed by atoms with Gasteiger partial charge in [0.2, 0.25) is 0 Å². The third-order valence-electron chi connectivity index (χ3n) is 3.88. The molecule has 2 N–H and O–H groups in total. The van der Waals surface area contributed by atoms with Gasteiger partial charge in [0.05, 0.1) is 0 Å². The maximum absolute atomic E-state index is 12.3. The number of hydrogen-bond acceptors (Lipinski definition) is 2. The lowest BCUT2D eigenvalue weighted by Gasteiger charge is -2.26. The fourth-order valence-corrected chi connectivity index (χ4v) is 4.23. The zero-order valence-corrected chi connectivity index (χ0v) is 11.9. The van der Waals surface area contributed by atoms with Gasteiger partial charge < -0.3 is 5.73 Å². The first-order valence-electron chi connectivity index (χ1n) is 6.87. The molecule has 0 heterocycles. The zero-order valence-electron chi connectivity index (χ0n) is 11.1. The normalized spacial score (nSPS) is 22.2. The number of hydrogen-bond donors (Lipinski definition) is 1. The van der Waals surface area contributed by atoms with Crippen LogP contribution in [-0.4, -0.2) is 21.8 Å². The molecule has 0 radical (unpaired) electrons. The third-order valence-corrected chi connectivity index (χ3v) is 5.75. The van der Waals surface area contributed by atoms with E-state index >= 15 is 0 Å². The third kappa shape index (κ3) is 3.21. The van der Waals surface area contributed by atoms with E-state index in [2.05, 4.69) is 31.2 Å².